The number of halogens is 1. The second-order valence-corrected chi connectivity index (χ2v) is 5.78. The lowest BCUT2D eigenvalue weighted by molar-refractivity contribution is 0.427. The van der Waals surface area contributed by atoms with Gasteiger partial charge in [0.1, 0.15) is 0 Å². The van der Waals surface area contributed by atoms with E-state index in [0.717, 1.165) is 34.1 Å². The molecule has 1 aromatic heterocycles. The van der Waals surface area contributed by atoms with Gasteiger partial charge in [0.05, 0.1) is 11.3 Å². The summed E-state index contributed by atoms with van der Waals surface area (Å²) in [5, 5.41) is 4.12. The van der Waals surface area contributed by atoms with Gasteiger partial charge in [-0.1, -0.05) is 63.6 Å². The predicted octanol–water partition coefficient (Wildman–Crippen LogP) is 4.47. The van der Waals surface area contributed by atoms with Gasteiger partial charge in [-0.25, -0.2) is 0 Å². The topological polar surface area (TPSA) is 52.0 Å². The molecule has 3 rings (SSSR count). The van der Waals surface area contributed by atoms with Crippen LogP contribution in [0.25, 0.3) is 11.1 Å². The first-order chi connectivity index (χ1) is 10.2. The molecule has 2 aromatic carbocycles. The zero-order chi connectivity index (χ0) is 14.7. The molecular weight excluding hydrogens is 328 g/mol. The van der Waals surface area contributed by atoms with Crippen LogP contribution in [0.2, 0.25) is 0 Å². The van der Waals surface area contributed by atoms with E-state index in [1.54, 1.807) is 0 Å². The molecule has 0 saturated carbocycles. The Balaban J connectivity index is 1.87. The van der Waals surface area contributed by atoms with Crippen molar-refractivity contribution in [1.29, 1.82) is 0 Å². The number of nitrogens with zero attached hydrogens (tertiary/aromatic N) is 1. The van der Waals surface area contributed by atoms with Crippen molar-refractivity contribution in [2.45, 2.75) is 12.8 Å². The van der Waals surface area contributed by atoms with E-state index in [9.17, 15) is 0 Å². The molecule has 2 N–H and O–H groups in total. The fourth-order valence-corrected chi connectivity index (χ4v) is 2.77. The fourth-order valence-electron chi connectivity index (χ4n) is 2.37. The summed E-state index contributed by atoms with van der Waals surface area (Å²) in [6, 6.07) is 18.3. The molecule has 0 radical (unpaired) electrons. The smallest absolute Gasteiger partial charge is 0.230 e. The average Bonchev–Trinajstić information content (AvgIpc) is 2.87. The minimum absolute atomic E-state index is 0.371. The van der Waals surface area contributed by atoms with Gasteiger partial charge in [0, 0.05) is 4.47 Å². The van der Waals surface area contributed by atoms with Gasteiger partial charge in [-0.3, -0.25) is 0 Å². The Labute approximate surface area is 131 Å². The molecular formula is C17H15BrN2O. The van der Waals surface area contributed by atoms with Gasteiger partial charge < -0.3 is 10.3 Å². The number of hydrogen-bond donors (Lipinski definition) is 1. The van der Waals surface area contributed by atoms with Crippen LogP contribution in [0.15, 0.2) is 63.6 Å². The first-order valence-electron chi connectivity index (χ1n) is 6.78. The van der Waals surface area contributed by atoms with Gasteiger partial charge in [0.2, 0.25) is 5.88 Å². The van der Waals surface area contributed by atoms with Gasteiger partial charge in [0.25, 0.3) is 0 Å². The van der Waals surface area contributed by atoms with Crippen LogP contribution in [0, 0.1) is 0 Å². The highest BCUT2D eigenvalue weighted by atomic mass is 79.9. The van der Waals surface area contributed by atoms with E-state index in [2.05, 4.69) is 33.2 Å². The number of nitrogen functional groups attached to an aromatic ring is 1. The maximum Gasteiger partial charge on any atom is 0.230 e. The summed E-state index contributed by atoms with van der Waals surface area (Å²) in [4.78, 5) is 0. The van der Waals surface area contributed by atoms with Crippen molar-refractivity contribution >= 4 is 21.8 Å². The van der Waals surface area contributed by atoms with E-state index in [1.807, 2.05) is 42.5 Å². The Morgan fingerprint density at radius 2 is 1.81 bits per heavy atom. The fraction of sp³-hybridized carbons (Fsp3) is 0.118. The van der Waals surface area contributed by atoms with Gasteiger partial charge in [-0.05, 0) is 36.1 Å². The van der Waals surface area contributed by atoms with Crippen LogP contribution in [-0.2, 0) is 12.8 Å². The van der Waals surface area contributed by atoms with Crippen molar-refractivity contribution in [3.8, 4) is 11.1 Å². The van der Waals surface area contributed by atoms with Crippen LogP contribution in [-0.4, -0.2) is 5.16 Å². The molecule has 0 spiro atoms. The van der Waals surface area contributed by atoms with Crippen molar-refractivity contribution < 1.29 is 4.52 Å². The minimum atomic E-state index is 0.371. The molecule has 0 amide bonds. The van der Waals surface area contributed by atoms with Crippen LogP contribution in [0.3, 0.4) is 0 Å². The number of rotatable bonds is 4. The summed E-state index contributed by atoms with van der Waals surface area (Å²) < 4.78 is 6.20. The molecule has 0 aliphatic rings. The summed E-state index contributed by atoms with van der Waals surface area (Å²) in [5.41, 5.74) is 10.0. The van der Waals surface area contributed by atoms with E-state index in [4.69, 9.17) is 10.3 Å². The summed E-state index contributed by atoms with van der Waals surface area (Å²) in [6.45, 7) is 0. The maximum absolute atomic E-state index is 5.95. The second kappa shape index (κ2) is 6.14. The molecule has 3 nitrogen and oxygen atoms in total. The van der Waals surface area contributed by atoms with Gasteiger partial charge in [-0.15, -0.1) is 0 Å². The monoisotopic (exact) mass is 342 g/mol. The summed E-state index contributed by atoms with van der Waals surface area (Å²) in [5.74, 6) is 0.371. The molecule has 0 aliphatic heterocycles. The lowest BCUT2D eigenvalue weighted by atomic mass is 10.0. The van der Waals surface area contributed by atoms with Crippen molar-refractivity contribution in [3.05, 3.63) is 70.3 Å². The van der Waals surface area contributed by atoms with E-state index >= 15 is 0 Å². The molecule has 4 heteroatoms. The predicted molar refractivity (Wildman–Crippen MR) is 87.9 cm³/mol. The minimum Gasteiger partial charge on any atom is -0.367 e. The highest BCUT2D eigenvalue weighted by molar-refractivity contribution is 9.10. The molecule has 0 bridgehead atoms. The molecule has 0 saturated heterocycles. The second-order valence-electron chi connectivity index (χ2n) is 4.86. The molecule has 0 fully saturated rings. The number of aromatic nitrogens is 1. The summed E-state index contributed by atoms with van der Waals surface area (Å²) in [7, 11) is 0. The molecule has 106 valence electrons. The normalized spacial score (nSPS) is 10.7. The zero-order valence-electron chi connectivity index (χ0n) is 11.4. The molecule has 21 heavy (non-hydrogen) atoms. The highest BCUT2D eigenvalue weighted by Crippen LogP contribution is 2.32. The van der Waals surface area contributed by atoms with Gasteiger partial charge >= 0.3 is 0 Å². The first kappa shape index (κ1) is 13.9. The Morgan fingerprint density at radius 3 is 2.57 bits per heavy atom. The van der Waals surface area contributed by atoms with E-state index < -0.39 is 0 Å². The van der Waals surface area contributed by atoms with Crippen LogP contribution in [0.5, 0.6) is 0 Å². The number of benzene rings is 2. The third-order valence-electron chi connectivity index (χ3n) is 3.40. The van der Waals surface area contributed by atoms with Crippen molar-refractivity contribution in [1.82, 2.24) is 5.16 Å². The van der Waals surface area contributed by atoms with Crippen molar-refractivity contribution in [2.75, 3.05) is 5.73 Å². The number of anilines is 1. The Kier molecular flexibility index (Phi) is 4.06. The van der Waals surface area contributed by atoms with E-state index in [1.165, 1.54) is 5.56 Å². The Hall–Kier alpha value is -2.07. The summed E-state index contributed by atoms with van der Waals surface area (Å²) in [6.07, 6.45) is 1.71. The first-order valence-corrected chi connectivity index (χ1v) is 7.57. The average molecular weight is 343 g/mol. The third kappa shape index (κ3) is 3.16. The Morgan fingerprint density at radius 1 is 1.00 bits per heavy atom. The quantitative estimate of drug-likeness (QED) is 0.760. The Bertz CT molecular complexity index is 738. The molecule has 0 aliphatic carbocycles. The largest absolute Gasteiger partial charge is 0.367 e. The SMILES string of the molecule is Nc1onc(CCc2ccccc2)c1-c1cccc(Br)c1. The van der Waals surface area contributed by atoms with Gasteiger partial charge in [-0.2, -0.15) is 0 Å². The lowest BCUT2D eigenvalue weighted by Gasteiger charge is -2.04. The number of nitrogens with two attached hydrogens (primary N) is 1. The van der Waals surface area contributed by atoms with Crippen LogP contribution < -0.4 is 5.73 Å². The molecule has 0 atom stereocenters. The standard InChI is InChI=1S/C17H15BrN2O/c18-14-8-4-7-13(11-14)16-15(20-21-17(16)19)10-9-12-5-2-1-3-6-12/h1-8,11H,9-10,19H2. The van der Waals surface area contributed by atoms with E-state index in [-0.39, 0.29) is 0 Å². The molecule has 0 unspecified atom stereocenters. The number of aryl methyl sites for hydroxylation is 2. The zero-order valence-corrected chi connectivity index (χ0v) is 13.0. The highest BCUT2D eigenvalue weighted by Gasteiger charge is 2.15. The number of hydrogen-bond acceptors (Lipinski definition) is 3. The van der Waals surface area contributed by atoms with Crippen LogP contribution in [0.1, 0.15) is 11.3 Å². The lowest BCUT2D eigenvalue weighted by Crippen LogP contribution is -1.95. The van der Waals surface area contributed by atoms with E-state index in [0.29, 0.717) is 5.88 Å². The maximum atomic E-state index is 5.95. The van der Waals surface area contributed by atoms with Crippen molar-refractivity contribution in [3.63, 3.8) is 0 Å². The van der Waals surface area contributed by atoms with Crippen molar-refractivity contribution in [2.24, 2.45) is 0 Å². The molecule has 3 aromatic rings. The molecule has 1 heterocycles. The van der Waals surface area contributed by atoms with Crippen LogP contribution >= 0.6 is 15.9 Å². The summed E-state index contributed by atoms with van der Waals surface area (Å²) >= 11 is 3.48. The van der Waals surface area contributed by atoms with Crippen LogP contribution in [0.4, 0.5) is 5.88 Å². The third-order valence-corrected chi connectivity index (χ3v) is 3.89. The van der Waals surface area contributed by atoms with Gasteiger partial charge in [0.15, 0.2) is 0 Å².